The highest BCUT2D eigenvalue weighted by Crippen LogP contribution is 2.30. The monoisotopic (exact) mass is 305 g/mol. The van der Waals surface area contributed by atoms with Gasteiger partial charge in [-0.1, -0.05) is 19.1 Å². The summed E-state index contributed by atoms with van der Waals surface area (Å²) in [5, 5.41) is 12.2. The zero-order valence-electron chi connectivity index (χ0n) is 11.7. The van der Waals surface area contributed by atoms with E-state index in [1.165, 1.54) is 18.4 Å². The summed E-state index contributed by atoms with van der Waals surface area (Å²) in [5.74, 6) is -1.00. The number of rotatable bonds is 5. The summed E-state index contributed by atoms with van der Waals surface area (Å²) in [5.41, 5.74) is 0.475. The Morgan fingerprint density at radius 3 is 2.62 bits per heavy atom. The minimum absolute atomic E-state index is 0.111. The number of methoxy groups -OCH3 is 1. The number of nitrogens with one attached hydrogen (secondary N) is 1. The number of anilines is 1. The molecule has 0 aliphatic carbocycles. The number of ether oxygens (including phenoxy) is 1. The highest BCUT2D eigenvalue weighted by Gasteiger charge is 2.19. The predicted octanol–water partition coefficient (Wildman–Crippen LogP) is 3.27. The third-order valence-corrected chi connectivity index (χ3v) is 4.14. The fourth-order valence-corrected chi connectivity index (χ4v) is 2.85. The molecule has 0 bridgehead atoms. The molecule has 0 atom stereocenters. The van der Waals surface area contributed by atoms with E-state index < -0.39 is 5.97 Å². The van der Waals surface area contributed by atoms with Crippen molar-refractivity contribution < 1.29 is 19.4 Å². The van der Waals surface area contributed by atoms with Crippen LogP contribution in [0, 0.1) is 0 Å². The lowest BCUT2D eigenvalue weighted by molar-refractivity contribution is 0.0698. The van der Waals surface area contributed by atoms with E-state index in [2.05, 4.69) is 5.32 Å². The number of carboxylic acid groups (broad SMARTS) is 1. The molecule has 0 spiro atoms. The van der Waals surface area contributed by atoms with Gasteiger partial charge < -0.3 is 15.2 Å². The molecule has 1 aromatic heterocycles. The molecule has 5 nitrogen and oxygen atoms in total. The molecule has 1 aromatic carbocycles. The first-order valence-electron chi connectivity index (χ1n) is 6.37. The second-order valence-electron chi connectivity index (χ2n) is 4.27. The third kappa shape index (κ3) is 3.22. The van der Waals surface area contributed by atoms with Crippen LogP contribution in [0.3, 0.4) is 0 Å². The zero-order valence-corrected chi connectivity index (χ0v) is 12.5. The SMILES string of the molecule is CCc1cc(C(=O)O)c(NC(=O)c2ccccc2OC)s1. The maximum atomic E-state index is 12.3. The van der Waals surface area contributed by atoms with E-state index >= 15 is 0 Å². The number of carbonyl (C=O) groups is 2. The van der Waals surface area contributed by atoms with E-state index in [0.717, 1.165) is 11.3 Å². The first kappa shape index (κ1) is 15.1. The van der Waals surface area contributed by atoms with E-state index in [-0.39, 0.29) is 11.5 Å². The Bertz CT molecular complexity index is 678. The third-order valence-electron chi connectivity index (χ3n) is 2.94. The van der Waals surface area contributed by atoms with Gasteiger partial charge in [-0.3, -0.25) is 4.79 Å². The number of aromatic carboxylic acids is 1. The molecule has 0 aliphatic rings. The van der Waals surface area contributed by atoms with Crippen LogP contribution < -0.4 is 10.1 Å². The fourth-order valence-electron chi connectivity index (χ4n) is 1.87. The summed E-state index contributed by atoms with van der Waals surface area (Å²) in [6, 6.07) is 8.38. The van der Waals surface area contributed by atoms with Crippen LogP contribution in [0.25, 0.3) is 0 Å². The summed E-state index contributed by atoms with van der Waals surface area (Å²) >= 11 is 1.27. The van der Waals surface area contributed by atoms with Crippen LogP contribution in [0.5, 0.6) is 5.75 Å². The molecule has 0 saturated carbocycles. The maximum Gasteiger partial charge on any atom is 0.338 e. The van der Waals surface area contributed by atoms with Crippen LogP contribution in [0.4, 0.5) is 5.00 Å². The lowest BCUT2D eigenvalue weighted by Crippen LogP contribution is -2.14. The molecule has 0 aliphatic heterocycles. The lowest BCUT2D eigenvalue weighted by atomic mass is 10.2. The van der Waals surface area contributed by atoms with Crippen LogP contribution in [-0.4, -0.2) is 24.1 Å². The molecule has 0 saturated heterocycles. The standard InChI is InChI=1S/C15H15NO4S/c1-3-9-8-11(15(18)19)14(21-9)16-13(17)10-6-4-5-7-12(10)20-2/h4-8H,3H2,1-2H3,(H,16,17)(H,18,19). The Kier molecular flexibility index (Phi) is 4.59. The number of benzene rings is 1. The molecule has 6 heteroatoms. The smallest absolute Gasteiger partial charge is 0.338 e. The number of aryl methyl sites for hydroxylation is 1. The van der Waals surface area contributed by atoms with E-state index in [1.54, 1.807) is 30.3 Å². The Morgan fingerprint density at radius 2 is 2.00 bits per heavy atom. The molecule has 1 heterocycles. The van der Waals surface area contributed by atoms with E-state index in [9.17, 15) is 14.7 Å². The second kappa shape index (κ2) is 6.41. The van der Waals surface area contributed by atoms with Crippen molar-refractivity contribution in [3.8, 4) is 5.75 Å². The number of hydrogen-bond donors (Lipinski definition) is 2. The Morgan fingerprint density at radius 1 is 1.29 bits per heavy atom. The molecule has 110 valence electrons. The molecule has 21 heavy (non-hydrogen) atoms. The quantitative estimate of drug-likeness (QED) is 0.889. The van der Waals surface area contributed by atoms with Gasteiger partial charge in [0.1, 0.15) is 10.8 Å². The molecule has 0 fully saturated rings. The molecule has 0 unspecified atom stereocenters. The Labute approximate surface area is 126 Å². The first-order valence-corrected chi connectivity index (χ1v) is 7.18. The summed E-state index contributed by atoms with van der Waals surface area (Å²) < 4.78 is 5.13. The van der Waals surface area contributed by atoms with Crippen LogP contribution >= 0.6 is 11.3 Å². The first-order chi connectivity index (χ1) is 10.1. The lowest BCUT2D eigenvalue weighted by Gasteiger charge is -2.08. The van der Waals surface area contributed by atoms with Crippen molar-refractivity contribution in [2.75, 3.05) is 12.4 Å². The highest BCUT2D eigenvalue weighted by atomic mass is 32.1. The van der Waals surface area contributed by atoms with Gasteiger partial charge in [-0.2, -0.15) is 0 Å². The summed E-state index contributed by atoms with van der Waals surface area (Å²) in [7, 11) is 1.48. The average Bonchev–Trinajstić information content (AvgIpc) is 2.90. The molecule has 1 amide bonds. The number of carbonyl (C=O) groups excluding carboxylic acids is 1. The van der Waals surface area contributed by atoms with Gasteiger partial charge in [-0.15, -0.1) is 11.3 Å². The molecular weight excluding hydrogens is 290 g/mol. The topological polar surface area (TPSA) is 75.6 Å². The number of amides is 1. The Balaban J connectivity index is 2.31. The van der Waals surface area contributed by atoms with Crippen molar-refractivity contribution in [3.05, 3.63) is 46.3 Å². The van der Waals surface area contributed by atoms with Crippen LogP contribution in [0.1, 0.15) is 32.5 Å². The van der Waals surface area contributed by atoms with Gasteiger partial charge in [0, 0.05) is 4.88 Å². The van der Waals surface area contributed by atoms with Gasteiger partial charge in [0.05, 0.1) is 18.2 Å². The largest absolute Gasteiger partial charge is 0.496 e. The average molecular weight is 305 g/mol. The van der Waals surface area contributed by atoms with Gasteiger partial charge in [0.2, 0.25) is 0 Å². The molecule has 2 N–H and O–H groups in total. The van der Waals surface area contributed by atoms with E-state index in [4.69, 9.17) is 4.74 Å². The van der Waals surface area contributed by atoms with Crippen molar-refractivity contribution in [1.29, 1.82) is 0 Å². The number of thiophene rings is 1. The van der Waals surface area contributed by atoms with Crippen molar-refractivity contribution in [1.82, 2.24) is 0 Å². The number of hydrogen-bond acceptors (Lipinski definition) is 4. The van der Waals surface area contributed by atoms with Crippen LogP contribution in [0.15, 0.2) is 30.3 Å². The van der Waals surface area contributed by atoms with Gasteiger partial charge in [-0.05, 0) is 24.6 Å². The van der Waals surface area contributed by atoms with E-state index in [1.807, 2.05) is 6.92 Å². The van der Waals surface area contributed by atoms with Gasteiger partial charge in [-0.25, -0.2) is 4.79 Å². The number of para-hydroxylation sites is 1. The van der Waals surface area contributed by atoms with Crippen molar-refractivity contribution in [2.24, 2.45) is 0 Å². The van der Waals surface area contributed by atoms with Gasteiger partial charge in [0.15, 0.2) is 0 Å². The molecule has 0 radical (unpaired) electrons. The summed E-state index contributed by atoms with van der Waals surface area (Å²) in [6.07, 6.45) is 0.718. The summed E-state index contributed by atoms with van der Waals surface area (Å²) in [6.45, 7) is 1.93. The minimum Gasteiger partial charge on any atom is -0.496 e. The zero-order chi connectivity index (χ0) is 15.4. The Hall–Kier alpha value is -2.34. The molecule has 2 rings (SSSR count). The minimum atomic E-state index is -1.05. The van der Waals surface area contributed by atoms with Crippen molar-refractivity contribution in [2.45, 2.75) is 13.3 Å². The van der Waals surface area contributed by atoms with Gasteiger partial charge >= 0.3 is 5.97 Å². The maximum absolute atomic E-state index is 12.3. The summed E-state index contributed by atoms with van der Waals surface area (Å²) in [4.78, 5) is 24.4. The van der Waals surface area contributed by atoms with Crippen molar-refractivity contribution in [3.63, 3.8) is 0 Å². The van der Waals surface area contributed by atoms with Gasteiger partial charge in [0.25, 0.3) is 5.91 Å². The van der Waals surface area contributed by atoms with Crippen LogP contribution in [-0.2, 0) is 6.42 Å². The normalized spacial score (nSPS) is 10.2. The van der Waals surface area contributed by atoms with Crippen molar-refractivity contribution >= 4 is 28.2 Å². The molecule has 2 aromatic rings. The molecular formula is C15H15NO4S. The van der Waals surface area contributed by atoms with E-state index in [0.29, 0.717) is 16.3 Å². The predicted molar refractivity (Wildman–Crippen MR) is 81.6 cm³/mol. The second-order valence-corrected chi connectivity index (χ2v) is 5.41. The van der Waals surface area contributed by atoms with Crippen LogP contribution in [0.2, 0.25) is 0 Å². The highest BCUT2D eigenvalue weighted by molar-refractivity contribution is 7.16. The fraction of sp³-hybridized carbons (Fsp3) is 0.200. The number of carboxylic acids is 1.